The number of ether oxygens (including phenoxy) is 1. The van der Waals surface area contributed by atoms with E-state index in [1.54, 1.807) is 6.92 Å². The Hall–Kier alpha value is -1.54. The van der Waals surface area contributed by atoms with E-state index in [1.807, 2.05) is 13.0 Å². The molecule has 1 aromatic rings. The molecule has 0 aliphatic heterocycles. The van der Waals surface area contributed by atoms with Crippen LogP contribution in [-0.2, 0) is 4.74 Å². The summed E-state index contributed by atoms with van der Waals surface area (Å²) in [6, 6.07) is 2.03. The van der Waals surface area contributed by atoms with Crippen molar-refractivity contribution in [3.05, 3.63) is 16.0 Å². The molecule has 0 radical (unpaired) electrons. The van der Waals surface area contributed by atoms with Gasteiger partial charge in [-0.1, -0.05) is 6.92 Å². The van der Waals surface area contributed by atoms with Crippen LogP contribution in [0.3, 0.4) is 0 Å². The number of hydrogen-bond donors (Lipinski definition) is 2. The van der Waals surface area contributed by atoms with E-state index in [4.69, 9.17) is 21.1 Å². The Morgan fingerprint density at radius 3 is 2.80 bits per heavy atom. The molecule has 0 aliphatic carbocycles. The minimum absolute atomic E-state index is 0.104. The number of rotatable bonds is 3. The molecule has 0 atom stereocenters. The molecule has 0 unspecified atom stereocenters. The van der Waals surface area contributed by atoms with Crippen LogP contribution in [0, 0.1) is 23.7 Å². The van der Waals surface area contributed by atoms with Gasteiger partial charge in [-0.05, 0) is 18.9 Å². The highest BCUT2D eigenvalue weighted by Gasteiger charge is 2.16. The lowest BCUT2D eigenvalue weighted by Crippen LogP contribution is -2.05. The van der Waals surface area contributed by atoms with Crippen molar-refractivity contribution in [1.82, 2.24) is 0 Å². The second-order valence-corrected chi connectivity index (χ2v) is 4.14. The van der Waals surface area contributed by atoms with Gasteiger partial charge < -0.3 is 10.5 Å². The molecular weight excluding hydrogens is 210 g/mol. The first-order valence-corrected chi connectivity index (χ1v) is 5.44. The lowest BCUT2D eigenvalue weighted by molar-refractivity contribution is 0.303. The van der Waals surface area contributed by atoms with Crippen LogP contribution in [0.5, 0.6) is 0 Å². The van der Waals surface area contributed by atoms with E-state index >= 15 is 0 Å². The highest BCUT2D eigenvalue weighted by Crippen LogP contribution is 2.30. The van der Waals surface area contributed by atoms with Crippen LogP contribution in [0.1, 0.15) is 29.3 Å². The van der Waals surface area contributed by atoms with Gasteiger partial charge in [-0.2, -0.15) is 5.26 Å². The topological polar surface area (TPSA) is 82.9 Å². The number of nitriles is 1. The predicted molar refractivity (Wildman–Crippen MR) is 61.3 cm³/mol. The van der Waals surface area contributed by atoms with Gasteiger partial charge in [0.05, 0.1) is 17.0 Å². The maximum atomic E-state index is 8.84. The predicted octanol–water partition coefficient (Wildman–Crippen LogP) is 2.26. The molecule has 80 valence electrons. The number of anilines is 1. The van der Waals surface area contributed by atoms with Crippen LogP contribution in [0.2, 0.25) is 0 Å². The van der Waals surface area contributed by atoms with Gasteiger partial charge >= 0.3 is 0 Å². The van der Waals surface area contributed by atoms with Gasteiger partial charge in [0.1, 0.15) is 11.1 Å². The summed E-state index contributed by atoms with van der Waals surface area (Å²) in [5, 5.41) is 17.0. The Balaban J connectivity index is 2.96. The quantitative estimate of drug-likeness (QED) is 0.609. The lowest BCUT2D eigenvalue weighted by atomic mass is 10.2. The standard InChI is InChI=1S/C10H13N3OS/c1-3-4-14-9(12)8-6(2)7(5-11)10(13)15-8/h12H,3-4,13H2,1-2H3. The van der Waals surface area contributed by atoms with Crippen LogP contribution in [0.4, 0.5) is 5.00 Å². The van der Waals surface area contributed by atoms with E-state index in [-0.39, 0.29) is 5.90 Å². The van der Waals surface area contributed by atoms with Crippen LogP contribution in [-0.4, -0.2) is 12.5 Å². The zero-order valence-corrected chi connectivity index (χ0v) is 9.57. The maximum absolute atomic E-state index is 8.84. The average molecular weight is 223 g/mol. The summed E-state index contributed by atoms with van der Waals surface area (Å²) in [5.41, 5.74) is 6.86. The van der Waals surface area contributed by atoms with Gasteiger partial charge in [0.25, 0.3) is 0 Å². The van der Waals surface area contributed by atoms with E-state index in [2.05, 4.69) is 0 Å². The molecule has 0 saturated heterocycles. The van der Waals surface area contributed by atoms with Gasteiger partial charge in [0, 0.05) is 0 Å². The molecule has 3 N–H and O–H groups in total. The monoisotopic (exact) mass is 223 g/mol. The van der Waals surface area contributed by atoms with Gasteiger partial charge in [-0.15, -0.1) is 11.3 Å². The molecule has 0 fully saturated rings. The van der Waals surface area contributed by atoms with E-state index in [0.717, 1.165) is 12.0 Å². The largest absolute Gasteiger partial charge is 0.477 e. The van der Waals surface area contributed by atoms with Crippen molar-refractivity contribution < 1.29 is 4.74 Å². The van der Waals surface area contributed by atoms with Crippen molar-refractivity contribution in [3.63, 3.8) is 0 Å². The smallest absolute Gasteiger partial charge is 0.223 e. The van der Waals surface area contributed by atoms with Crippen molar-refractivity contribution in [2.75, 3.05) is 12.3 Å². The molecule has 1 rings (SSSR count). The van der Waals surface area contributed by atoms with Crippen LogP contribution in [0.25, 0.3) is 0 Å². The van der Waals surface area contributed by atoms with Crippen LogP contribution < -0.4 is 5.73 Å². The SMILES string of the molecule is CCCOC(=N)c1sc(N)c(C#N)c1C. The van der Waals surface area contributed by atoms with Gasteiger partial charge in [0.2, 0.25) is 5.90 Å². The van der Waals surface area contributed by atoms with E-state index in [9.17, 15) is 0 Å². The molecule has 0 aliphatic rings. The van der Waals surface area contributed by atoms with E-state index in [0.29, 0.717) is 22.0 Å². The number of nitrogen functional groups attached to an aromatic ring is 1. The molecule has 1 heterocycles. The molecule has 0 bridgehead atoms. The first-order chi connectivity index (χ1) is 7.11. The fourth-order valence-electron chi connectivity index (χ4n) is 1.16. The summed E-state index contributed by atoms with van der Waals surface area (Å²) in [5.74, 6) is 0.104. The molecule has 4 nitrogen and oxygen atoms in total. The molecule has 0 spiro atoms. The first kappa shape index (κ1) is 11.5. The maximum Gasteiger partial charge on any atom is 0.223 e. The number of hydrogen-bond acceptors (Lipinski definition) is 5. The summed E-state index contributed by atoms with van der Waals surface area (Å²) in [6.07, 6.45) is 0.855. The van der Waals surface area contributed by atoms with E-state index in [1.165, 1.54) is 11.3 Å². The Kier molecular flexibility index (Phi) is 3.69. The summed E-state index contributed by atoms with van der Waals surface area (Å²) in [7, 11) is 0. The molecule has 0 saturated carbocycles. The zero-order valence-electron chi connectivity index (χ0n) is 8.76. The third-order valence-corrected chi connectivity index (χ3v) is 3.06. The molecule has 15 heavy (non-hydrogen) atoms. The Morgan fingerprint density at radius 2 is 2.33 bits per heavy atom. The van der Waals surface area contributed by atoms with Gasteiger partial charge in [0.15, 0.2) is 0 Å². The third-order valence-electron chi connectivity index (χ3n) is 1.94. The summed E-state index contributed by atoms with van der Waals surface area (Å²) >= 11 is 1.23. The van der Waals surface area contributed by atoms with Crippen LogP contribution >= 0.6 is 11.3 Å². The second kappa shape index (κ2) is 4.80. The molecular formula is C10H13N3OS. The summed E-state index contributed by atoms with van der Waals surface area (Å²) in [4.78, 5) is 0.650. The third kappa shape index (κ3) is 2.28. The average Bonchev–Trinajstić information content (AvgIpc) is 2.50. The van der Waals surface area contributed by atoms with Crippen molar-refractivity contribution in [3.8, 4) is 6.07 Å². The molecule has 0 amide bonds. The number of nitrogens with two attached hydrogens (primary N) is 1. The van der Waals surface area contributed by atoms with Crippen molar-refractivity contribution in [2.45, 2.75) is 20.3 Å². The normalized spacial score (nSPS) is 9.67. The summed E-state index contributed by atoms with van der Waals surface area (Å²) in [6.45, 7) is 4.27. The first-order valence-electron chi connectivity index (χ1n) is 4.62. The van der Waals surface area contributed by atoms with Crippen molar-refractivity contribution >= 4 is 22.2 Å². The Labute approximate surface area is 92.8 Å². The Bertz CT molecular complexity index is 417. The van der Waals surface area contributed by atoms with Crippen molar-refractivity contribution in [2.24, 2.45) is 0 Å². The highest BCUT2D eigenvalue weighted by atomic mass is 32.1. The second-order valence-electron chi connectivity index (χ2n) is 3.08. The highest BCUT2D eigenvalue weighted by molar-refractivity contribution is 7.18. The zero-order chi connectivity index (χ0) is 11.4. The van der Waals surface area contributed by atoms with Crippen LogP contribution in [0.15, 0.2) is 0 Å². The van der Waals surface area contributed by atoms with Gasteiger partial charge in [-0.3, -0.25) is 5.41 Å². The molecule has 0 aromatic carbocycles. The molecule has 1 aromatic heterocycles. The number of nitrogens with one attached hydrogen (secondary N) is 1. The fraction of sp³-hybridized carbons (Fsp3) is 0.400. The lowest BCUT2D eigenvalue weighted by Gasteiger charge is -2.04. The minimum atomic E-state index is 0.104. The van der Waals surface area contributed by atoms with Gasteiger partial charge in [-0.25, -0.2) is 0 Å². The van der Waals surface area contributed by atoms with Crippen molar-refractivity contribution in [1.29, 1.82) is 10.7 Å². The number of thiophene rings is 1. The number of nitrogens with zero attached hydrogens (tertiary/aromatic N) is 1. The summed E-state index contributed by atoms with van der Waals surface area (Å²) < 4.78 is 5.20. The minimum Gasteiger partial charge on any atom is -0.477 e. The fourth-order valence-corrected chi connectivity index (χ4v) is 2.09. The molecule has 5 heteroatoms. The Morgan fingerprint density at radius 1 is 1.67 bits per heavy atom. The van der Waals surface area contributed by atoms with E-state index < -0.39 is 0 Å².